The van der Waals surface area contributed by atoms with Gasteiger partial charge < -0.3 is 9.84 Å². The molecule has 1 radical (unpaired) electrons. The van der Waals surface area contributed by atoms with E-state index in [0.717, 1.165) is 5.06 Å². The third-order valence-corrected chi connectivity index (χ3v) is 3.70. The number of ether oxygens (including phenoxy) is 1. The van der Waals surface area contributed by atoms with Gasteiger partial charge in [0.15, 0.2) is 0 Å². The molecule has 1 fully saturated rings. The topological polar surface area (TPSA) is 86.7 Å². The van der Waals surface area contributed by atoms with Gasteiger partial charge in [0.2, 0.25) is 0 Å². The van der Waals surface area contributed by atoms with E-state index in [9.17, 15) is 19.9 Å². The van der Waals surface area contributed by atoms with E-state index in [1.807, 2.05) is 0 Å². The zero-order valence-electron chi connectivity index (χ0n) is 13.4. The highest BCUT2D eigenvalue weighted by Crippen LogP contribution is 2.41. The maximum Gasteiger partial charge on any atom is 0.332 e. The second kappa shape index (κ2) is 6.15. The first-order valence-corrected chi connectivity index (χ1v) is 7.08. The normalized spacial score (nSPS) is 21.0. The monoisotopic (exact) mass is 298 g/mol. The summed E-state index contributed by atoms with van der Waals surface area (Å²) >= 11 is 0. The first-order valence-electron chi connectivity index (χ1n) is 7.08. The lowest BCUT2D eigenvalue weighted by atomic mass is 9.76. The largest absolute Gasteiger partial charge is 0.478 e. The molecule has 0 aromatic carbocycles. The minimum Gasteiger partial charge on any atom is -0.478 e. The van der Waals surface area contributed by atoms with E-state index >= 15 is 0 Å². The number of rotatable bonds is 4. The molecule has 0 saturated carbocycles. The van der Waals surface area contributed by atoms with E-state index in [1.54, 1.807) is 34.6 Å². The first-order chi connectivity index (χ1) is 9.51. The molecular formula is C15H24NO5. The van der Waals surface area contributed by atoms with Crippen LogP contribution in [0, 0.1) is 0 Å². The predicted octanol–water partition coefficient (Wildman–Crippen LogP) is 2.32. The molecule has 6 heteroatoms. The summed E-state index contributed by atoms with van der Waals surface area (Å²) in [5.74, 6) is -1.67. The van der Waals surface area contributed by atoms with Crippen molar-refractivity contribution in [1.82, 2.24) is 5.06 Å². The molecule has 21 heavy (non-hydrogen) atoms. The van der Waals surface area contributed by atoms with Crippen LogP contribution in [0.15, 0.2) is 11.1 Å². The van der Waals surface area contributed by atoms with Crippen molar-refractivity contribution in [2.75, 3.05) is 6.61 Å². The minimum absolute atomic E-state index is 0.0581. The van der Waals surface area contributed by atoms with Gasteiger partial charge >= 0.3 is 11.9 Å². The Kier molecular flexibility index (Phi) is 5.17. The third kappa shape index (κ3) is 4.04. The molecule has 1 N–H and O–H groups in total. The Balaban J connectivity index is 3.16. The van der Waals surface area contributed by atoms with Crippen molar-refractivity contribution in [3.8, 4) is 0 Å². The average molecular weight is 298 g/mol. The van der Waals surface area contributed by atoms with Crippen LogP contribution < -0.4 is 0 Å². The Hall–Kier alpha value is -1.40. The molecule has 1 saturated heterocycles. The van der Waals surface area contributed by atoms with Crippen LogP contribution in [-0.4, -0.2) is 39.8 Å². The van der Waals surface area contributed by atoms with Gasteiger partial charge in [0.25, 0.3) is 0 Å². The third-order valence-electron chi connectivity index (χ3n) is 3.70. The van der Waals surface area contributed by atoms with Gasteiger partial charge in [-0.05, 0) is 47.5 Å². The number of nitrogens with zero attached hydrogens (tertiary/aromatic N) is 1. The molecular weight excluding hydrogens is 274 g/mol. The van der Waals surface area contributed by atoms with Crippen molar-refractivity contribution >= 4 is 11.9 Å². The molecule has 0 spiro atoms. The lowest BCUT2D eigenvalue weighted by Gasteiger charge is -2.48. The smallest absolute Gasteiger partial charge is 0.332 e. The highest BCUT2D eigenvalue weighted by atomic mass is 16.5. The van der Waals surface area contributed by atoms with Crippen molar-refractivity contribution in [1.29, 1.82) is 0 Å². The first kappa shape index (κ1) is 17.7. The van der Waals surface area contributed by atoms with Crippen molar-refractivity contribution in [3.05, 3.63) is 11.1 Å². The van der Waals surface area contributed by atoms with Crippen molar-refractivity contribution in [2.24, 2.45) is 0 Å². The van der Waals surface area contributed by atoms with Crippen molar-refractivity contribution in [3.63, 3.8) is 0 Å². The molecule has 0 atom stereocenters. The van der Waals surface area contributed by atoms with E-state index in [4.69, 9.17) is 4.74 Å². The fraction of sp³-hybridized carbons (Fsp3) is 0.733. The highest BCUT2D eigenvalue weighted by Gasteiger charge is 2.45. The molecule has 0 bridgehead atoms. The van der Waals surface area contributed by atoms with Crippen molar-refractivity contribution in [2.45, 2.75) is 65.0 Å². The van der Waals surface area contributed by atoms with Crippen LogP contribution in [0.5, 0.6) is 0 Å². The molecule has 1 rings (SSSR count). The molecule has 1 heterocycles. The maximum atomic E-state index is 12.3. The highest BCUT2D eigenvalue weighted by molar-refractivity contribution is 5.93. The Morgan fingerprint density at radius 2 is 1.67 bits per heavy atom. The Labute approximate surface area is 125 Å². The van der Waals surface area contributed by atoms with Crippen LogP contribution in [0.1, 0.15) is 53.9 Å². The van der Waals surface area contributed by atoms with Crippen LogP contribution in [0.25, 0.3) is 0 Å². The number of hydrogen-bond acceptors (Lipinski definition) is 4. The Morgan fingerprint density at radius 3 is 2.05 bits per heavy atom. The van der Waals surface area contributed by atoms with Gasteiger partial charge in [-0.25, -0.2) is 4.79 Å². The summed E-state index contributed by atoms with van der Waals surface area (Å²) in [5, 5.41) is 22.7. The Bertz CT molecular complexity index is 445. The van der Waals surface area contributed by atoms with E-state index in [2.05, 4.69) is 0 Å². The lowest BCUT2D eigenvalue weighted by molar-refractivity contribution is -0.279. The fourth-order valence-corrected chi connectivity index (χ4v) is 2.99. The van der Waals surface area contributed by atoms with Crippen LogP contribution in [0.3, 0.4) is 0 Å². The second-order valence-corrected chi connectivity index (χ2v) is 6.64. The molecule has 0 unspecified atom stereocenters. The molecule has 0 aromatic rings. The number of carbonyl (C=O) groups excluding carboxylic acids is 1. The second-order valence-electron chi connectivity index (χ2n) is 6.64. The van der Waals surface area contributed by atoms with Gasteiger partial charge in [-0.2, -0.15) is 0 Å². The van der Waals surface area contributed by atoms with E-state index in [1.165, 1.54) is 0 Å². The molecule has 0 amide bonds. The summed E-state index contributed by atoms with van der Waals surface area (Å²) in [4.78, 5) is 23.1. The van der Waals surface area contributed by atoms with Gasteiger partial charge in [0.05, 0.1) is 13.0 Å². The summed E-state index contributed by atoms with van der Waals surface area (Å²) in [6, 6.07) is 0. The molecule has 6 nitrogen and oxygen atoms in total. The number of aliphatic carboxylic acids is 1. The number of hydroxylamine groups is 2. The SMILES string of the molecule is CCOC(=O)CC(C(=O)O)=C1CC(C)(C)N([O])C(C)(C)C1. The number of carboxylic acids is 1. The zero-order chi connectivity index (χ0) is 16.4. The van der Waals surface area contributed by atoms with Gasteiger partial charge in [0.1, 0.15) is 0 Å². The molecule has 0 aliphatic carbocycles. The van der Waals surface area contributed by atoms with Gasteiger partial charge in [-0.15, -0.1) is 10.3 Å². The molecule has 1 aliphatic heterocycles. The summed E-state index contributed by atoms with van der Waals surface area (Å²) in [6.45, 7) is 9.02. The van der Waals surface area contributed by atoms with Gasteiger partial charge in [-0.1, -0.05) is 5.57 Å². The van der Waals surface area contributed by atoms with Gasteiger partial charge in [-0.3, -0.25) is 4.79 Å². The quantitative estimate of drug-likeness (QED) is 0.635. The minimum atomic E-state index is -1.12. The van der Waals surface area contributed by atoms with E-state index in [-0.39, 0.29) is 18.6 Å². The lowest BCUT2D eigenvalue weighted by Crippen LogP contribution is -2.56. The van der Waals surface area contributed by atoms with Crippen LogP contribution in [-0.2, 0) is 19.5 Å². The number of esters is 1. The zero-order valence-corrected chi connectivity index (χ0v) is 13.4. The maximum absolute atomic E-state index is 12.3. The summed E-state index contributed by atoms with van der Waals surface area (Å²) in [7, 11) is 0. The summed E-state index contributed by atoms with van der Waals surface area (Å²) in [5.41, 5.74) is -0.695. The molecule has 1 aliphatic rings. The summed E-state index contributed by atoms with van der Waals surface area (Å²) in [6.07, 6.45) is 0.408. The van der Waals surface area contributed by atoms with Crippen LogP contribution in [0.2, 0.25) is 0 Å². The predicted molar refractivity (Wildman–Crippen MR) is 75.8 cm³/mol. The molecule has 0 aromatic heterocycles. The number of hydrogen-bond donors (Lipinski definition) is 1. The number of carbonyl (C=O) groups is 2. The molecule has 119 valence electrons. The number of carboxylic acid groups (broad SMARTS) is 1. The van der Waals surface area contributed by atoms with Crippen LogP contribution >= 0.6 is 0 Å². The standard InChI is InChI=1S/C15H24NO5/c1-6-21-12(17)7-11(13(18)19)10-8-14(2,3)16(20)15(4,5)9-10/h6-9H2,1-5H3,(H,18,19). The number of piperidine rings is 1. The van der Waals surface area contributed by atoms with Crippen LogP contribution in [0.4, 0.5) is 0 Å². The van der Waals surface area contributed by atoms with E-state index in [0.29, 0.717) is 18.4 Å². The van der Waals surface area contributed by atoms with Crippen molar-refractivity contribution < 1.29 is 24.6 Å². The Morgan fingerprint density at radius 1 is 1.19 bits per heavy atom. The van der Waals surface area contributed by atoms with E-state index < -0.39 is 23.0 Å². The fourth-order valence-electron chi connectivity index (χ4n) is 2.99. The average Bonchev–Trinajstić information content (AvgIpc) is 2.32. The summed E-state index contributed by atoms with van der Waals surface area (Å²) < 4.78 is 4.83. The van der Waals surface area contributed by atoms with Gasteiger partial charge in [0, 0.05) is 16.7 Å².